The fourth-order valence-electron chi connectivity index (χ4n) is 2.48. The molecular weight excluding hydrogens is 318 g/mol. The molecule has 3 aromatic rings. The van der Waals surface area contributed by atoms with E-state index in [2.05, 4.69) is 10.1 Å². The van der Waals surface area contributed by atoms with E-state index >= 15 is 0 Å². The maximum Gasteiger partial charge on any atom is 0.292 e. The van der Waals surface area contributed by atoms with Crippen molar-refractivity contribution in [3.8, 4) is 11.3 Å². The third kappa shape index (κ3) is 4.10. The first-order valence-corrected chi connectivity index (χ1v) is 8.00. The Hall–Kier alpha value is -2.99. The molecule has 0 unspecified atom stereocenters. The maximum atomic E-state index is 12.7. The Morgan fingerprint density at radius 1 is 1.24 bits per heavy atom. The van der Waals surface area contributed by atoms with Gasteiger partial charge in [0.05, 0.1) is 6.61 Å². The molecule has 0 atom stereocenters. The van der Waals surface area contributed by atoms with Crippen molar-refractivity contribution in [3.63, 3.8) is 0 Å². The second-order valence-corrected chi connectivity index (χ2v) is 5.75. The molecule has 0 radical (unpaired) electrons. The lowest BCUT2D eigenvalue weighted by atomic mass is 10.1. The zero-order valence-corrected chi connectivity index (χ0v) is 13.9. The second-order valence-electron chi connectivity index (χ2n) is 5.75. The number of carbonyl (C=O) groups is 1. The minimum absolute atomic E-state index is 0.134. The summed E-state index contributed by atoms with van der Waals surface area (Å²) in [6.45, 7) is 2.42. The maximum absolute atomic E-state index is 12.7. The van der Waals surface area contributed by atoms with Crippen LogP contribution in [-0.4, -0.2) is 39.2 Å². The number of aryl methyl sites for hydroxylation is 1. The Bertz CT molecular complexity index is 829. The first kappa shape index (κ1) is 16.9. The molecule has 1 aromatic carbocycles. The summed E-state index contributed by atoms with van der Waals surface area (Å²) in [5.74, 6) is -0.170. The highest BCUT2D eigenvalue weighted by atomic mass is 16.5. The number of pyridine rings is 1. The zero-order chi connectivity index (χ0) is 17.6. The Morgan fingerprint density at radius 3 is 2.72 bits per heavy atom. The summed E-state index contributed by atoms with van der Waals surface area (Å²) in [4.78, 5) is 18.3. The number of amides is 1. The van der Waals surface area contributed by atoms with Gasteiger partial charge in [0.25, 0.3) is 5.91 Å². The number of hydrogen-bond donors (Lipinski definition) is 1. The fourth-order valence-corrected chi connectivity index (χ4v) is 2.48. The van der Waals surface area contributed by atoms with E-state index < -0.39 is 0 Å². The van der Waals surface area contributed by atoms with Gasteiger partial charge in [-0.15, -0.1) is 0 Å². The van der Waals surface area contributed by atoms with Crippen LogP contribution in [0.5, 0.6) is 0 Å². The molecule has 2 heterocycles. The third-order valence-corrected chi connectivity index (χ3v) is 3.82. The number of hydrogen-bond acceptors (Lipinski definition) is 5. The Balaban J connectivity index is 1.79. The van der Waals surface area contributed by atoms with Crippen LogP contribution >= 0.6 is 0 Å². The van der Waals surface area contributed by atoms with Crippen LogP contribution in [-0.2, 0) is 6.54 Å². The molecule has 0 saturated carbocycles. The average Bonchev–Trinajstić information content (AvgIpc) is 3.12. The number of nitrogens with zero attached hydrogens (tertiary/aromatic N) is 3. The molecule has 2 aromatic heterocycles. The van der Waals surface area contributed by atoms with Gasteiger partial charge >= 0.3 is 0 Å². The van der Waals surface area contributed by atoms with E-state index in [0.717, 1.165) is 16.7 Å². The van der Waals surface area contributed by atoms with E-state index in [1.807, 2.05) is 37.3 Å². The van der Waals surface area contributed by atoms with Crippen LogP contribution in [0.25, 0.3) is 11.3 Å². The van der Waals surface area contributed by atoms with Crippen molar-refractivity contribution in [2.24, 2.45) is 0 Å². The van der Waals surface area contributed by atoms with E-state index in [1.165, 1.54) is 4.90 Å². The standard InChI is InChI=1S/C19H19N3O3/c1-14-4-6-16(7-5-14)17-11-18(25-21-17)19(24)22(9-10-23)13-15-3-2-8-20-12-15/h2-8,11-12,23H,9-10,13H2,1H3. The molecule has 0 aliphatic heterocycles. The van der Waals surface area contributed by atoms with Gasteiger partial charge in [-0.05, 0) is 18.6 Å². The highest BCUT2D eigenvalue weighted by molar-refractivity contribution is 5.92. The van der Waals surface area contributed by atoms with Gasteiger partial charge in [-0.2, -0.15) is 0 Å². The van der Waals surface area contributed by atoms with Gasteiger partial charge in [0, 0.05) is 37.1 Å². The number of aliphatic hydroxyl groups is 1. The molecule has 0 fully saturated rings. The molecule has 6 heteroatoms. The Labute approximate surface area is 145 Å². The van der Waals surface area contributed by atoms with Crippen LogP contribution in [0.2, 0.25) is 0 Å². The molecule has 0 bridgehead atoms. The minimum atomic E-state index is -0.316. The Kier molecular flexibility index (Phi) is 5.20. The highest BCUT2D eigenvalue weighted by Gasteiger charge is 2.21. The van der Waals surface area contributed by atoms with E-state index in [-0.39, 0.29) is 24.8 Å². The van der Waals surface area contributed by atoms with Crippen molar-refractivity contribution < 1.29 is 14.4 Å². The first-order chi connectivity index (χ1) is 12.2. The molecule has 25 heavy (non-hydrogen) atoms. The van der Waals surface area contributed by atoms with E-state index in [1.54, 1.807) is 24.5 Å². The summed E-state index contributed by atoms with van der Waals surface area (Å²) in [6, 6.07) is 13.1. The summed E-state index contributed by atoms with van der Waals surface area (Å²) >= 11 is 0. The van der Waals surface area contributed by atoms with Gasteiger partial charge < -0.3 is 14.5 Å². The van der Waals surface area contributed by atoms with Crippen molar-refractivity contribution >= 4 is 5.91 Å². The molecule has 0 aliphatic carbocycles. The summed E-state index contributed by atoms with van der Waals surface area (Å²) in [7, 11) is 0. The van der Waals surface area contributed by atoms with Crippen molar-refractivity contribution in [1.82, 2.24) is 15.0 Å². The SMILES string of the molecule is Cc1ccc(-c2cc(C(=O)N(CCO)Cc3cccnc3)on2)cc1. The number of carbonyl (C=O) groups excluding carboxylic acids is 1. The normalized spacial score (nSPS) is 10.6. The highest BCUT2D eigenvalue weighted by Crippen LogP contribution is 2.21. The van der Waals surface area contributed by atoms with Crippen molar-refractivity contribution in [2.45, 2.75) is 13.5 Å². The molecule has 6 nitrogen and oxygen atoms in total. The van der Waals surface area contributed by atoms with Gasteiger partial charge in [0.2, 0.25) is 5.76 Å². The number of aliphatic hydroxyl groups excluding tert-OH is 1. The Morgan fingerprint density at radius 2 is 2.04 bits per heavy atom. The average molecular weight is 337 g/mol. The van der Waals surface area contributed by atoms with Gasteiger partial charge in [0.15, 0.2) is 0 Å². The summed E-state index contributed by atoms with van der Waals surface area (Å²) < 4.78 is 5.24. The molecule has 0 spiro atoms. The number of rotatable bonds is 6. The molecule has 3 rings (SSSR count). The number of aromatic nitrogens is 2. The van der Waals surface area contributed by atoms with Crippen LogP contribution in [0.1, 0.15) is 21.7 Å². The smallest absolute Gasteiger partial charge is 0.292 e. The van der Waals surface area contributed by atoms with E-state index in [0.29, 0.717) is 12.2 Å². The quantitative estimate of drug-likeness (QED) is 0.748. The van der Waals surface area contributed by atoms with Crippen LogP contribution < -0.4 is 0 Å². The van der Waals surface area contributed by atoms with Crippen LogP contribution in [0.15, 0.2) is 59.4 Å². The number of benzene rings is 1. The van der Waals surface area contributed by atoms with Crippen molar-refractivity contribution in [1.29, 1.82) is 0 Å². The van der Waals surface area contributed by atoms with Crippen LogP contribution in [0.4, 0.5) is 0 Å². The van der Waals surface area contributed by atoms with Crippen LogP contribution in [0, 0.1) is 6.92 Å². The predicted molar refractivity (Wildman–Crippen MR) is 92.7 cm³/mol. The predicted octanol–water partition coefficient (Wildman–Crippen LogP) is 2.68. The topological polar surface area (TPSA) is 79.5 Å². The van der Waals surface area contributed by atoms with Crippen molar-refractivity contribution in [3.05, 3.63) is 71.7 Å². The van der Waals surface area contributed by atoms with Gasteiger partial charge in [-0.25, -0.2) is 0 Å². The fraction of sp³-hybridized carbons (Fsp3) is 0.211. The molecular formula is C19H19N3O3. The molecule has 1 amide bonds. The van der Waals surface area contributed by atoms with Gasteiger partial charge in [-0.1, -0.05) is 41.1 Å². The first-order valence-electron chi connectivity index (χ1n) is 8.00. The van der Waals surface area contributed by atoms with E-state index in [9.17, 15) is 9.90 Å². The largest absolute Gasteiger partial charge is 0.395 e. The minimum Gasteiger partial charge on any atom is -0.395 e. The molecule has 1 N–H and O–H groups in total. The monoisotopic (exact) mass is 337 g/mol. The lowest BCUT2D eigenvalue weighted by Gasteiger charge is -2.20. The lowest BCUT2D eigenvalue weighted by Crippen LogP contribution is -2.32. The summed E-state index contributed by atoms with van der Waals surface area (Å²) in [6.07, 6.45) is 3.36. The summed E-state index contributed by atoms with van der Waals surface area (Å²) in [5, 5.41) is 13.3. The van der Waals surface area contributed by atoms with Gasteiger partial charge in [0.1, 0.15) is 5.69 Å². The van der Waals surface area contributed by atoms with Crippen molar-refractivity contribution in [2.75, 3.05) is 13.2 Å². The third-order valence-electron chi connectivity index (χ3n) is 3.82. The van der Waals surface area contributed by atoms with E-state index in [4.69, 9.17) is 4.52 Å². The summed E-state index contributed by atoms with van der Waals surface area (Å²) in [5.41, 5.74) is 3.51. The molecule has 0 saturated heterocycles. The molecule has 0 aliphatic rings. The lowest BCUT2D eigenvalue weighted by molar-refractivity contribution is 0.0666. The van der Waals surface area contributed by atoms with Crippen LogP contribution in [0.3, 0.4) is 0 Å². The second kappa shape index (κ2) is 7.72. The molecule has 128 valence electrons. The van der Waals surface area contributed by atoms with Gasteiger partial charge in [-0.3, -0.25) is 9.78 Å². The zero-order valence-electron chi connectivity index (χ0n) is 13.9.